The van der Waals surface area contributed by atoms with E-state index in [1.54, 1.807) is 0 Å². The average Bonchev–Trinajstić information content (AvgIpc) is 2.95. The number of nitrogens with one attached hydrogen (secondary N) is 1. The van der Waals surface area contributed by atoms with E-state index in [-0.39, 0.29) is 12.0 Å². The summed E-state index contributed by atoms with van der Waals surface area (Å²) in [6.45, 7) is 2.97. The molecule has 1 aromatic carbocycles. The first kappa shape index (κ1) is 11.1. The van der Waals surface area contributed by atoms with Crippen LogP contribution in [0.25, 0.3) is 0 Å². The highest BCUT2D eigenvalue weighted by Crippen LogP contribution is 2.34. The lowest BCUT2D eigenvalue weighted by atomic mass is 10.0. The summed E-state index contributed by atoms with van der Waals surface area (Å²) < 4.78 is 0. The van der Waals surface area contributed by atoms with Gasteiger partial charge in [-0.1, -0.05) is 24.3 Å². The molecule has 1 aliphatic rings. The number of benzene rings is 1. The molecule has 0 aromatic heterocycles. The molecular formula is C13H17NO2. The molecule has 3 heteroatoms. The van der Waals surface area contributed by atoms with Gasteiger partial charge in [-0.05, 0) is 30.9 Å². The molecular weight excluding hydrogens is 202 g/mol. The summed E-state index contributed by atoms with van der Waals surface area (Å²) in [4.78, 5) is 10.7. The molecule has 0 unspecified atom stereocenters. The van der Waals surface area contributed by atoms with Crippen molar-refractivity contribution in [2.45, 2.75) is 38.3 Å². The third-order valence-corrected chi connectivity index (χ3v) is 3.17. The summed E-state index contributed by atoms with van der Waals surface area (Å²) in [5, 5.41) is 12.3. The van der Waals surface area contributed by atoms with E-state index in [2.05, 4.69) is 12.2 Å². The lowest BCUT2D eigenvalue weighted by molar-refractivity contribution is -0.136. The Hall–Kier alpha value is -1.35. The number of carboxylic acid groups (broad SMARTS) is 1. The van der Waals surface area contributed by atoms with E-state index >= 15 is 0 Å². The number of carboxylic acids is 1. The molecule has 0 saturated heterocycles. The second-order valence-corrected chi connectivity index (χ2v) is 4.75. The number of carbonyl (C=O) groups is 1. The van der Waals surface area contributed by atoms with Gasteiger partial charge in [0.25, 0.3) is 0 Å². The van der Waals surface area contributed by atoms with E-state index in [1.165, 1.54) is 12.8 Å². The summed E-state index contributed by atoms with van der Waals surface area (Å²) in [6, 6.07) is 7.73. The van der Waals surface area contributed by atoms with E-state index in [0.29, 0.717) is 0 Å². The monoisotopic (exact) mass is 219 g/mol. The third kappa shape index (κ3) is 2.83. The number of hydrogen-bond donors (Lipinski definition) is 2. The van der Waals surface area contributed by atoms with Crippen LogP contribution in [0.4, 0.5) is 0 Å². The van der Waals surface area contributed by atoms with Crippen LogP contribution in [0.1, 0.15) is 30.9 Å². The van der Waals surface area contributed by atoms with Crippen molar-refractivity contribution >= 4 is 5.97 Å². The summed E-state index contributed by atoms with van der Waals surface area (Å²) in [5.41, 5.74) is 2.29. The van der Waals surface area contributed by atoms with Gasteiger partial charge in [-0.2, -0.15) is 0 Å². The van der Waals surface area contributed by atoms with Crippen LogP contribution in [-0.2, 0) is 17.8 Å². The predicted octanol–water partition coefficient (Wildman–Crippen LogP) is 1.96. The van der Waals surface area contributed by atoms with Crippen LogP contribution >= 0.6 is 0 Å². The molecule has 1 saturated carbocycles. The molecule has 3 nitrogen and oxygen atoms in total. The minimum Gasteiger partial charge on any atom is -0.481 e. The standard InChI is InChI=1S/C13H17NO2/c1-13(6-7-13)14-9-11-5-3-2-4-10(11)8-12(15)16/h2-5,14H,6-9H2,1H3,(H,15,16). The fourth-order valence-electron chi connectivity index (χ4n) is 1.74. The summed E-state index contributed by atoms with van der Waals surface area (Å²) in [7, 11) is 0. The Kier molecular flexibility index (Phi) is 2.97. The zero-order valence-corrected chi connectivity index (χ0v) is 9.49. The molecule has 2 rings (SSSR count). The van der Waals surface area contributed by atoms with Crippen LogP contribution < -0.4 is 5.32 Å². The number of hydrogen-bond acceptors (Lipinski definition) is 2. The smallest absolute Gasteiger partial charge is 0.307 e. The zero-order valence-electron chi connectivity index (χ0n) is 9.49. The Morgan fingerprint density at radius 1 is 1.38 bits per heavy atom. The minimum atomic E-state index is -0.773. The Bertz CT molecular complexity index is 397. The lowest BCUT2D eigenvalue weighted by Gasteiger charge is -2.13. The lowest BCUT2D eigenvalue weighted by Crippen LogP contribution is -2.27. The average molecular weight is 219 g/mol. The molecule has 0 radical (unpaired) electrons. The molecule has 0 amide bonds. The maximum absolute atomic E-state index is 10.7. The Balaban J connectivity index is 2.03. The highest BCUT2D eigenvalue weighted by molar-refractivity contribution is 5.70. The van der Waals surface area contributed by atoms with E-state index < -0.39 is 5.97 Å². The highest BCUT2D eigenvalue weighted by atomic mass is 16.4. The Morgan fingerprint density at radius 2 is 2.00 bits per heavy atom. The maximum Gasteiger partial charge on any atom is 0.307 e. The molecule has 2 N–H and O–H groups in total. The molecule has 0 heterocycles. The molecule has 0 aliphatic heterocycles. The van der Waals surface area contributed by atoms with Gasteiger partial charge in [-0.15, -0.1) is 0 Å². The van der Waals surface area contributed by atoms with Crippen LogP contribution in [0.15, 0.2) is 24.3 Å². The van der Waals surface area contributed by atoms with E-state index in [4.69, 9.17) is 5.11 Å². The van der Waals surface area contributed by atoms with E-state index in [9.17, 15) is 4.79 Å². The highest BCUT2D eigenvalue weighted by Gasteiger charge is 2.36. The topological polar surface area (TPSA) is 49.3 Å². The van der Waals surface area contributed by atoms with Crippen molar-refractivity contribution in [3.63, 3.8) is 0 Å². The van der Waals surface area contributed by atoms with Gasteiger partial charge in [0, 0.05) is 12.1 Å². The third-order valence-electron chi connectivity index (χ3n) is 3.17. The normalized spacial score (nSPS) is 17.1. The van der Waals surface area contributed by atoms with Gasteiger partial charge < -0.3 is 10.4 Å². The zero-order chi connectivity index (χ0) is 11.6. The van der Waals surface area contributed by atoms with Crippen molar-refractivity contribution in [3.8, 4) is 0 Å². The first-order valence-corrected chi connectivity index (χ1v) is 5.63. The molecule has 16 heavy (non-hydrogen) atoms. The van der Waals surface area contributed by atoms with Gasteiger partial charge in [-0.25, -0.2) is 0 Å². The SMILES string of the molecule is CC1(NCc2ccccc2CC(=O)O)CC1. The maximum atomic E-state index is 10.7. The molecule has 1 fully saturated rings. The van der Waals surface area contributed by atoms with E-state index in [0.717, 1.165) is 17.7 Å². The molecule has 0 atom stereocenters. The van der Waals surface area contributed by atoms with Crippen LogP contribution in [-0.4, -0.2) is 16.6 Å². The van der Waals surface area contributed by atoms with Gasteiger partial charge in [0.05, 0.1) is 6.42 Å². The summed E-state index contributed by atoms with van der Waals surface area (Å²) in [5.74, 6) is -0.773. The largest absolute Gasteiger partial charge is 0.481 e. The van der Waals surface area contributed by atoms with Gasteiger partial charge in [0.2, 0.25) is 0 Å². The van der Waals surface area contributed by atoms with Crippen molar-refractivity contribution in [1.82, 2.24) is 5.32 Å². The van der Waals surface area contributed by atoms with Crippen molar-refractivity contribution < 1.29 is 9.90 Å². The van der Waals surface area contributed by atoms with Crippen molar-refractivity contribution in [2.24, 2.45) is 0 Å². The van der Waals surface area contributed by atoms with Gasteiger partial charge in [-0.3, -0.25) is 4.79 Å². The first-order valence-electron chi connectivity index (χ1n) is 5.63. The number of rotatable bonds is 5. The Labute approximate surface area is 95.5 Å². The van der Waals surface area contributed by atoms with Crippen molar-refractivity contribution in [3.05, 3.63) is 35.4 Å². The fourth-order valence-corrected chi connectivity index (χ4v) is 1.74. The second-order valence-electron chi connectivity index (χ2n) is 4.75. The molecule has 0 bridgehead atoms. The van der Waals surface area contributed by atoms with Crippen LogP contribution in [0.5, 0.6) is 0 Å². The number of aliphatic carboxylic acids is 1. The predicted molar refractivity (Wildman–Crippen MR) is 62.3 cm³/mol. The van der Waals surface area contributed by atoms with Crippen LogP contribution in [0, 0.1) is 0 Å². The molecule has 1 aliphatic carbocycles. The minimum absolute atomic E-state index is 0.106. The van der Waals surface area contributed by atoms with Gasteiger partial charge >= 0.3 is 5.97 Å². The van der Waals surface area contributed by atoms with E-state index in [1.807, 2.05) is 24.3 Å². The van der Waals surface area contributed by atoms with Gasteiger partial charge in [0.15, 0.2) is 0 Å². The summed E-state index contributed by atoms with van der Waals surface area (Å²) in [6.07, 6.45) is 2.54. The van der Waals surface area contributed by atoms with Gasteiger partial charge in [0.1, 0.15) is 0 Å². The molecule has 0 spiro atoms. The van der Waals surface area contributed by atoms with Crippen molar-refractivity contribution in [1.29, 1.82) is 0 Å². The van der Waals surface area contributed by atoms with Crippen molar-refractivity contribution in [2.75, 3.05) is 0 Å². The Morgan fingerprint density at radius 3 is 2.56 bits per heavy atom. The second kappa shape index (κ2) is 4.26. The molecule has 1 aromatic rings. The quantitative estimate of drug-likeness (QED) is 0.795. The molecule has 86 valence electrons. The fraction of sp³-hybridized carbons (Fsp3) is 0.462. The van der Waals surface area contributed by atoms with Crippen LogP contribution in [0.3, 0.4) is 0 Å². The first-order chi connectivity index (χ1) is 7.59. The summed E-state index contributed by atoms with van der Waals surface area (Å²) >= 11 is 0. The van der Waals surface area contributed by atoms with Crippen LogP contribution in [0.2, 0.25) is 0 Å².